The number of nitrogens with two attached hydrogens (primary N) is 3. The molecule has 0 fully saturated rings. The average Bonchev–Trinajstić information content (AvgIpc) is 3.06. The maximum absolute atomic E-state index is 12.2. The standard InChI is InChI=1S/C17H13Cl2N3O.C10H11N3.C6H3Cl2NO2/c18-14-8-12(9-22-16(14)19)15(23)4-2-10-1-3-13-11(7-10)5-6-21-17(13)20;11-6-7-1-2-9-8(5-7)3-4-13-10(9)12;7-4-1-3(6(10)11)2-9-5(4)8/h1,3,5-9H,2,4H2,(H2,20,21);1-5H,6,11H2,(H2,12,13);1-2H,(H,10,11). The Morgan fingerprint density at radius 2 is 1.15 bits per heavy atom. The highest BCUT2D eigenvalue weighted by Gasteiger charge is 2.10. The summed E-state index contributed by atoms with van der Waals surface area (Å²) in [6.07, 6.45) is 6.97. The van der Waals surface area contributed by atoms with Crippen molar-refractivity contribution in [2.75, 3.05) is 11.5 Å². The maximum atomic E-state index is 12.2. The Morgan fingerprint density at radius 3 is 1.66 bits per heavy atom. The summed E-state index contributed by atoms with van der Waals surface area (Å²) < 4.78 is 0. The van der Waals surface area contributed by atoms with Crippen molar-refractivity contribution >= 4 is 91.3 Å². The molecule has 0 spiro atoms. The van der Waals surface area contributed by atoms with Crippen LogP contribution in [0.25, 0.3) is 21.5 Å². The minimum atomic E-state index is -1.07. The Bertz CT molecular complexity index is 2080. The Morgan fingerprint density at radius 1 is 0.660 bits per heavy atom. The molecule has 4 aromatic heterocycles. The van der Waals surface area contributed by atoms with E-state index in [9.17, 15) is 9.59 Å². The van der Waals surface area contributed by atoms with E-state index < -0.39 is 5.97 Å². The summed E-state index contributed by atoms with van der Waals surface area (Å²) >= 11 is 22.6. The van der Waals surface area contributed by atoms with Crippen molar-refractivity contribution in [2.24, 2.45) is 5.73 Å². The minimum absolute atomic E-state index is 0.0228. The highest BCUT2D eigenvalue weighted by atomic mass is 35.5. The number of carbonyl (C=O) groups is 2. The minimum Gasteiger partial charge on any atom is -0.478 e. The van der Waals surface area contributed by atoms with Gasteiger partial charge in [0.1, 0.15) is 21.9 Å². The molecule has 4 heterocycles. The number of carbonyl (C=O) groups excluding carboxylic acids is 1. The molecule has 2 aromatic carbocycles. The molecular formula is C33H27Cl4N7O3. The van der Waals surface area contributed by atoms with Gasteiger partial charge in [-0.1, -0.05) is 76.7 Å². The van der Waals surface area contributed by atoms with Gasteiger partial charge >= 0.3 is 5.97 Å². The van der Waals surface area contributed by atoms with Crippen molar-refractivity contribution in [3.8, 4) is 0 Å². The number of pyridine rings is 4. The maximum Gasteiger partial charge on any atom is 0.337 e. The lowest BCUT2D eigenvalue weighted by Crippen LogP contribution is -2.02. The van der Waals surface area contributed by atoms with E-state index in [-0.39, 0.29) is 31.7 Å². The molecule has 0 aliphatic rings. The van der Waals surface area contributed by atoms with E-state index in [1.807, 2.05) is 48.5 Å². The molecule has 7 N–H and O–H groups in total. The van der Waals surface area contributed by atoms with Crippen molar-refractivity contribution in [3.63, 3.8) is 0 Å². The number of carboxylic acids is 1. The van der Waals surface area contributed by atoms with Gasteiger partial charge in [-0.25, -0.2) is 24.7 Å². The zero-order valence-electron chi connectivity index (χ0n) is 24.5. The molecule has 0 unspecified atom stereocenters. The van der Waals surface area contributed by atoms with Crippen LogP contribution in [-0.4, -0.2) is 36.8 Å². The average molecular weight is 711 g/mol. The third-order valence-corrected chi connectivity index (χ3v) is 8.13. The highest BCUT2D eigenvalue weighted by Crippen LogP contribution is 2.24. The van der Waals surface area contributed by atoms with Gasteiger partial charge in [0, 0.05) is 54.1 Å². The van der Waals surface area contributed by atoms with Gasteiger partial charge in [-0.05, 0) is 58.7 Å². The molecule has 0 atom stereocenters. The summed E-state index contributed by atoms with van der Waals surface area (Å²) in [5.41, 5.74) is 19.7. The van der Waals surface area contributed by atoms with Crippen LogP contribution >= 0.6 is 46.4 Å². The van der Waals surface area contributed by atoms with Crippen LogP contribution in [0.5, 0.6) is 0 Å². The molecule has 0 radical (unpaired) electrons. The van der Waals surface area contributed by atoms with Crippen molar-refractivity contribution in [1.82, 2.24) is 19.9 Å². The Hall–Kier alpha value is -4.58. The molecule has 6 aromatic rings. The van der Waals surface area contributed by atoms with Crippen molar-refractivity contribution < 1.29 is 14.7 Å². The zero-order chi connectivity index (χ0) is 34.1. The third-order valence-electron chi connectivity index (χ3n) is 6.76. The number of benzene rings is 2. The number of Topliss-reactive ketones (excluding diaryl/α,β-unsaturated/α-hetero) is 1. The summed E-state index contributed by atoms with van der Waals surface area (Å²) in [6, 6.07) is 18.5. The topological polar surface area (TPSA) is 184 Å². The lowest BCUT2D eigenvalue weighted by atomic mass is 10.0. The fourth-order valence-electron chi connectivity index (χ4n) is 4.30. The molecule has 0 bridgehead atoms. The largest absolute Gasteiger partial charge is 0.478 e. The summed E-state index contributed by atoms with van der Waals surface area (Å²) in [5, 5.41) is 13.2. The number of ketones is 1. The summed E-state index contributed by atoms with van der Waals surface area (Å²) in [6.45, 7) is 0.554. The van der Waals surface area contributed by atoms with Gasteiger partial charge in [0.05, 0.1) is 15.6 Å². The van der Waals surface area contributed by atoms with Gasteiger partial charge in [0.25, 0.3) is 0 Å². The Labute approximate surface area is 289 Å². The molecule has 0 aliphatic heterocycles. The van der Waals surface area contributed by atoms with E-state index in [0.29, 0.717) is 36.6 Å². The number of rotatable bonds is 6. The molecule has 6 rings (SSSR count). The van der Waals surface area contributed by atoms with Crippen molar-refractivity contribution in [2.45, 2.75) is 19.4 Å². The number of carboxylic acid groups (broad SMARTS) is 1. The van der Waals surface area contributed by atoms with E-state index in [4.69, 9.17) is 68.7 Å². The Kier molecular flexibility index (Phi) is 12.2. The predicted octanol–water partition coefficient (Wildman–Crippen LogP) is 7.70. The number of halogens is 4. The molecule has 14 heteroatoms. The van der Waals surface area contributed by atoms with Crippen LogP contribution in [-0.2, 0) is 13.0 Å². The van der Waals surface area contributed by atoms with Gasteiger partial charge in [-0.15, -0.1) is 0 Å². The molecule has 0 aliphatic carbocycles. The molecule has 47 heavy (non-hydrogen) atoms. The molecule has 240 valence electrons. The first-order chi connectivity index (χ1) is 22.5. The van der Waals surface area contributed by atoms with Gasteiger partial charge in [-0.2, -0.15) is 0 Å². The number of hydrogen-bond acceptors (Lipinski definition) is 9. The van der Waals surface area contributed by atoms with Crippen LogP contribution in [0.1, 0.15) is 38.3 Å². The third kappa shape index (κ3) is 9.47. The van der Waals surface area contributed by atoms with E-state index >= 15 is 0 Å². The number of nitrogen functional groups attached to an aromatic ring is 2. The van der Waals surface area contributed by atoms with E-state index in [2.05, 4.69) is 19.9 Å². The van der Waals surface area contributed by atoms with Gasteiger partial charge in [0.2, 0.25) is 0 Å². The van der Waals surface area contributed by atoms with E-state index in [0.717, 1.165) is 38.9 Å². The van der Waals surface area contributed by atoms with Crippen LogP contribution in [0.2, 0.25) is 20.4 Å². The summed E-state index contributed by atoms with van der Waals surface area (Å²) in [4.78, 5) is 38.1. The summed E-state index contributed by atoms with van der Waals surface area (Å²) in [7, 11) is 0. The monoisotopic (exact) mass is 709 g/mol. The summed E-state index contributed by atoms with van der Waals surface area (Å²) in [5.74, 6) is -0.0189. The second kappa shape index (κ2) is 16.3. The molecule has 0 saturated carbocycles. The van der Waals surface area contributed by atoms with Crippen LogP contribution in [0.3, 0.4) is 0 Å². The predicted molar refractivity (Wildman–Crippen MR) is 188 cm³/mol. The second-order valence-corrected chi connectivity index (χ2v) is 11.5. The van der Waals surface area contributed by atoms with Crippen LogP contribution in [0.4, 0.5) is 11.6 Å². The SMILES string of the molecule is NCc1ccc2c(N)nccc2c1.Nc1nccc2cc(CCC(=O)c3cnc(Cl)c(Cl)c3)ccc12.O=C(O)c1cnc(Cl)c(Cl)c1. The normalized spacial score (nSPS) is 10.5. The first-order valence-corrected chi connectivity index (χ1v) is 15.3. The second-order valence-electron chi connectivity index (χ2n) is 9.93. The number of aryl methyl sites for hydroxylation is 1. The van der Waals surface area contributed by atoms with Gasteiger partial charge in [-0.3, -0.25) is 4.79 Å². The number of hydrogen-bond donors (Lipinski definition) is 4. The van der Waals surface area contributed by atoms with Crippen molar-refractivity contribution in [1.29, 1.82) is 0 Å². The van der Waals surface area contributed by atoms with Crippen molar-refractivity contribution in [3.05, 3.63) is 128 Å². The molecular weight excluding hydrogens is 684 g/mol. The van der Waals surface area contributed by atoms with E-state index in [1.54, 1.807) is 18.5 Å². The number of anilines is 2. The number of aromatic nitrogens is 4. The fourth-order valence-corrected chi connectivity index (χ4v) is 4.84. The zero-order valence-corrected chi connectivity index (χ0v) is 27.5. The number of aromatic carboxylic acids is 1. The molecule has 0 saturated heterocycles. The number of fused-ring (bicyclic) bond motifs is 2. The highest BCUT2D eigenvalue weighted by molar-refractivity contribution is 6.41. The Balaban J connectivity index is 0.000000176. The smallest absolute Gasteiger partial charge is 0.337 e. The lowest BCUT2D eigenvalue weighted by Gasteiger charge is -2.06. The quantitative estimate of drug-likeness (QED) is 0.0986. The van der Waals surface area contributed by atoms with Gasteiger partial charge in [0.15, 0.2) is 5.78 Å². The van der Waals surface area contributed by atoms with Crippen LogP contribution < -0.4 is 17.2 Å². The van der Waals surface area contributed by atoms with E-state index in [1.165, 1.54) is 12.3 Å². The van der Waals surface area contributed by atoms with Crippen LogP contribution in [0, 0.1) is 0 Å². The van der Waals surface area contributed by atoms with Gasteiger partial charge < -0.3 is 22.3 Å². The lowest BCUT2D eigenvalue weighted by molar-refractivity contribution is 0.0696. The molecule has 10 nitrogen and oxygen atoms in total. The number of nitrogens with zero attached hydrogens (tertiary/aromatic N) is 4. The first kappa shape index (κ1) is 35.3. The first-order valence-electron chi connectivity index (χ1n) is 13.8. The van der Waals surface area contributed by atoms with Crippen LogP contribution in [0.15, 0.2) is 85.5 Å². The fraction of sp³-hybridized carbons (Fsp3) is 0.0909. The molecule has 0 amide bonds.